The van der Waals surface area contributed by atoms with Gasteiger partial charge in [0.05, 0.1) is 13.2 Å². The van der Waals surface area contributed by atoms with Crippen LogP contribution in [0.15, 0.2) is 4.52 Å². The standard InChI is InChI=1S/C12H21N3O2/c1-2-5-11-13-12(17-14-11)8-15-7-4-3-6-10(15)9-16/h10,16H,2-9H2,1H3. The molecule has 0 aliphatic carbocycles. The average molecular weight is 239 g/mol. The Balaban J connectivity index is 1.93. The van der Waals surface area contributed by atoms with E-state index in [2.05, 4.69) is 22.0 Å². The van der Waals surface area contributed by atoms with E-state index in [0.717, 1.165) is 31.6 Å². The molecule has 5 heteroatoms. The molecule has 17 heavy (non-hydrogen) atoms. The molecule has 0 bridgehead atoms. The van der Waals surface area contributed by atoms with Crippen molar-refractivity contribution in [3.63, 3.8) is 0 Å². The van der Waals surface area contributed by atoms with Crippen molar-refractivity contribution in [2.75, 3.05) is 13.2 Å². The Morgan fingerprint density at radius 1 is 1.47 bits per heavy atom. The first kappa shape index (κ1) is 12.5. The highest BCUT2D eigenvalue weighted by molar-refractivity contribution is 4.88. The molecular formula is C12H21N3O2. The zero-order valence-corrected chi connectivity index (χ0v) is 10.4. The summed E-state index contributed by atoms with van der Waals surface area (Å²) in [5.41, 5.74) is 0. The minimum atomic E-state index is 0.218. The summed E-state index contributed by atoms with van der Waals surface area (Å²) in [6.45, 7) is 4.00. The lowest BCUT2D eigenvalue weighted by atomic mass is 10.0. The number of likely N-dealkylation sites (tertiary alicyclic amines) is 1. The third-order valence-electron chi connectivity index (χ3n) is 3.28. The largest absolute Gasteiger partial charge is 0.395 e. The molecule has 1 N–H and O–H groups in total. The van der Waals surface area contributed by atoms with Crippen LogP contribution in [0.3, 0.4) is 0 Å². The number of hydrogen-bond acceptors (Lipinski definition) is 5. The van der Waals surface area contributed by atoms with Crippen LogP contribution in [0.1, 0.15) is 44.3 Å². The van der Waals surface area contributed by atoms with Gasteiger partial charge in [0.25, 0.3) is 0 Å². The minimum absolute atomic E-state index is 0.218. The Morgan fingerprint density at radius 3 is 3.12 bits per heavy atom. The van der Waals surface area contributed by atoms with Crippen molar-refractivity contribution in [2.24, 2.45) is 0 Å². The van der Waals surface area contributed by atoms with Crippen LogP contribution in [0.5, 0.6) is 0 Å². The number of aromatic nitrogens is 2. The first-order valence-electron chi connectivity index (χ1n) is 6.50. The van der Waals surface area contributed by atoms with Crippen molar-refractivity contribution in [3.05, 3.63) is 11.7 Å². The second-order valence-corrected chi connectivity index (χ2v) is 4.66. The van der Waals surface area contributed by atoms with Crippen LogP contribution >= 0.6 is 0 Å². The maximum Gasteiger partial charge on any atom is 0.240 e. The second-order valence-electron chi connectivity index (χ2n) is 4.66. The lowest BCUT2D eigenvalue weighted by Crippen LogP contribution is -2.41. The molecule has 1 aliphatic heterocycles. The number of aliphatic hydroxyl groups is 1. The van der Waals surface area contributed by atoms with Gasteiger partial charge in [-0.25, -0.2) is 0 Å². The van der Waals surface area contributed by atoms with Gasteiger partial charge in [-0.3, -0.25) is 4.90 Å². The van der Waals surface area contributed by atoms with E-state index in [1.807, 2.05) is 0 Å². The molecule has 2 heterocycles. The highest BCUT2D eigenvalue weighted by Crippen LogP contribution is 2.18. The van der Waals surface area contributed by atoms with E-state index in [9.17, 15) is 5.11 Å². The van der Waals surface area contributed by atoms with Gasteiger partial charge >= 0.3 is 0 Å². The van der Waals surface area contributed by atoms with E-state index >= 15 is 0 Å². The van der Waals surface area contributed by atoms with Gasteiger partial charge in [-0.05, 0) is 25.8 Å². The number of piperidine rings is 1. The van der Waals surface area contributed by atoms with Gasteiger partial charge in [-0.1, -0.05) is 18.5 Å². The van der Waals surface area contributed by atoms with Crippen molar-refractivity contribution in [3.8, 4) is 0 Å². The molecule has 1 aromatic heterocycles. The predicted octanol–water partition coefficient (Wildman–Crippen LogP) is 1.37. The van der Waals surface area contributed by atoms with Crippen LogP contribution < -0.4 is 0 Å². The van der Waals surface area contributed by atoms with Gasteiger partial charge < -0.3 is 9.63 Å². The molecule has 1 atom stereocenters. The molecule has 0 aromatic carbocycles. The van der Waals surface area contributed by atoms with Crippen LogP contribution in [-0.2, 0) is 13.0 Å². The molecule has 1 unspecified atom stereocenters. The highest BCUT2D eigenvalue weighted by Gasteiger charge is 2.23. The van der Waals surface area contributed by atoms with Gasteiger partial charge in [0, 0.05) is 12.5 Å². The van der Waals surface area contributed by atoms with E-state index in [-0.39, 0.29) is 12.6 Å². The molecule has 0 spiro atoms. The average Bonchev–Trinajstić information content (AvgIpc) is 2.78. The van der Waals surface area contributed by atoms with E-state index in [0.29, 0.717) is 12.4 Å². The van der Waals surface area contributed by atoms with Crippen molar-refractivity contribution in [1.82, 2.24) is 15.0 Å². The smallest absolute Gasteiger partial charge is 0.240 e. The minimum Gasteiger partial charge on any atom is -0.395 e. The van der Waals surface area contributed by atoms with Gasteiger partial charge in [-0.2, -0.15) is 4.98 Å². The highest BCUT2D eigenvalue weighted by atomic mass is 16.5. The van der Waals surface area contributed by atoms with E-state index < -0.39 is 0 Å². The van der Waals surface area contributed by atoms with Gasteiger partial charge in [0.15, 0.2) is 5.82 Å². The summed E-state index contributed by atoms with van der Waals surface area (Å²) in [7, 11) is 0. The summed E-state index contributed by atoms with van der Waals surface area (Å²) in [5.74, 6) is 1.47. The lowest BCUT2D eigenvalue weighted by molar-refractivity contribution is 0.0749. The molecule has 1 aliphatic rings. The number of aryl methyl sites for hydroxylation is 1. The summed E-state index contributed by atoms with van der Waals surface area (Å²) < 4.78 is 5.23. The third kappa shape index (κ3) is 3.26. The van der Waals surface area contributed by atoms with E-state index in [1.54, 1.807) is 0 Å². The molecular weight excluding hydrogens is 218 g/mol. The Labute approximate surface area is 102 Å². The maximum absolute atomic E-state index is 9.32. The topological polar surface area (TPSA) is 62.4 Å². The van der Waals surface area contributed by atoms with Crippen LogP contribution in [0.4, 0.5) is 0 Å². The summed E-state index contributed by atoms with van der Waals surface area (Å²) >= 11 is 0. The first-order chi connectivity index (χ1) is 8.33. The van der Waals surface area contributed by atoms with Crippen LogP contribution in [-0.4, -0.2) is 39.3 Å². The van der Waals surface area contributed by atoms with Crippen molar-refractivity contribution < 1.29 is 9.63 Å². The second kappa shape index (κ2) is 6.12. The molecule has 0 amide bonds. The van der Waals surface area contributed by atoms with Crippen LogP contribution in [0, 0.1) is 0 Å². The van der Waals surface area contributed by atoms with Crippen LogP contribution in [0.25, 0.3) is 0 Å². The fourth-order valence-corrected chi connectivity index (χ4v) is 2.33. The fourth-order valence-electron chi connectivity index (χ4n) is 2.33. The van der Waals surface area contributed by atoms with Crippen molar-refractivity contribution in [2.45, 2.75) is 51.6 Å². The number of nitrogens with zero attached hydrogens (tertiary/aromatic N) is 3. The molecule has 2 rings (SSSR count). The zero-order chi connectivity index (χ0) is 12.1. The Bertz CT molecular complexity index is 340. The van der Waals surface area contributed by atoms with Crippen molar-refractivity contribution in [1.29, 1.82) is 0 Å². The predicted molar refractivity (Wildman–Crippen MR) is 63.4 cm³/mol. The molecule has 1 fully saturated rings. The number of aliphatic hydroxyl groups excluding tert-OH is 1. The quantitative estimate of drug-likeness (QED) is 0.840. The molecule has 0 radical (unpaired) electrons. The number of rotatable bonds is 5. The lowest BCUT2D eigenvalue weighted by Gasteiger charge is -2.33. The van der Waals surface area contributed by atoms with Crippen LogP contribution in [0.2, 0.25) is 0 Å². The van der Waals surface area contributed by atoms with Gasteiger partial charge in [-0.15, -0.1) is 0 Å². The van der Waals surface area contributed by atoms with Gasteiger partial charge in [0.1, 0.15) is 0 Å². The first-order valence-corrected chi connectivity index (χ1v) is 6.50. The fraction of sp³-hybridized carbons (Fsp3) is 0.833. The Kier molecular flexibility index (Phi) is 4.50. The Morgan fingerprint density at radius 2 is 2.35 bits per heavy atom. The summed E-state index contributed by atoms with van der Waals surface area (Å²) in [6, 6.07) is 0.255. The molecule has 96 valence electrons. The van der Waals surface area contributed by atoms with Crippen molar-refractivity contribution >= 4 is 0 Å². The maximum atomic E-state index is 9.32. The SMILES string of the molecule is CCCc1noc(CN2CCCCC2CO)n1. The Hall–Kier alpha value is -0.940. The van der Waals surface area contributed by atoms with Gasteiger partial charge in [0.2, 0.25) is 5.89 Å². The molecule has 1 saturated heterocycles. The number of hydrogen-bond donors (Lipinski definition) is 1. The normalized spacial score (nSPS) is 21.9. The molecule has 5 nitrogen and oxygen atoms in total. The summed E-state index contributed by atoms with van der Waals surface area (Å²) in [5, 5.41) is 13.3. The van der Waals surface area contributed by atoms with E-state index in [4.69, 9.17) is 4.52 Å². The zero-order valence-electron chi connectivity index (χ0n) is 10.4. The molecule has 0 saturated carbocycles. The van der Waals surface area contributed by atoms with E-state index in [1.165, 1.54) is 12.8 Å². The molecule has 1 aromatic rings. The summed E-state index contributed by atoms with van der Waals surface area (Å²) in [4.78, 5) is 6.60. The third-order valence-corrected chi connectivity index (χ3v) is 3.28. The monoisotopic (exact) mass is 239 g/mol. The summed E-state index contributed by atoms with van der Waals surface area (Å²) in [6.07, 6.45) is 5.35.